The van der Waals surface area contributed by atoms with E-state index in [9.17, 15) is 0 Å². The number of benzene rings is 1. The van der Waals surface area contributed by atoms with Gasteiger partial charge in [-0.3, -0.25) is 0 Å². The quantitative estimate of drug-likeness (QED) is 0.766. The molecule has 0 bridgehead atoms. The van der Waals surface area contributed by atoms with Crippen LogP contribution in [0.25, 0.3) is 0 Å². The van der Waals surface area contributed by atoms with E-state index in [1.807, 2.05) is 31.2 Å². The van der Waals surface area contributed by atoms with E-state index in [0.29, 0.717) is 18.8 Å². The molecule has 0 N–H and O–H groups in total. The number of hydrogen-bond donors (Lipinski definition) is 0. The van der Waals surface area contributed by atoms with E-state index in [-0.39, 0.29) is 0 Å². The normalized spacial score (nSPS) is 23.6. The van der Waals surface area contributed by atoms with Crippen molar-refractivity contribution in [3.63, 3.8) is 0 Å². The third-order valence-corrected chi connectivity index (χ3v) is 2.82. The molecule has 1 aliphatic carbocycles. The van der Waals surface area contributed by atoms with Gasteiger partial charge in [0.15, 0.2) is 0 Å². The van der Waals surface area contributed by atoms with Crippen molar-refractivity contribution in [3.05, 3.63) is 24.3 Å². The standard InChI is InChI=1S/C13H18O3/c1-3-15-10-4-6-11(7-5-10)16-13-8-12(9-13)14-2/h4-7,12-13H,3,8-9H2,1-2H3. The summed E-state index contributed by atoms with van der Waals surface area (Å²) in [5.41, 5.74) is 0. The lowest BCUT2D eigenvalue weighted by atomic mass is 9.92. The highest BCUT2D eigenvalue weighted by Crippen LogP contribution is 2.28. The molecule has 0 saturated heterocycles. The predicted molar refractivity (Wildman–Crippen MR) is 62.1 cm³/mol. The molecule has 2 rings (SSSR count). The Morgan fingerprint density at radius 3 is 2.25 bits per heavy atom. The minimum absolute atomic E-state index is 0.308. The summed E-state index contributed by atoms with van der Waals surface area (Å²) >= 11 is 0. The average Bonchev–Trinajstić information content (AvgIpc) is 2.25. The molecule has 0 unspecified atom stereocenters. The smallest absolute Gasteiger partial charge is 0.119 e. The lowest BCUT2D eigenvalue weighted by molar-refractivity contribution is -0.0381. The van der Waals surface area contributed by atoms with Crippen LogP contribution in [0.5, 0.6) is 11.5 Å². The molecule has 0 amide bonds. The lowest BCUT2D eigenvalue weighted by Gasteiger charge is -2.34. The molecule has 1 aliphatic rings. The Labute approximate surface area is 96.3 Å². The summed E-state index contributed by atoms with van der Waals surface area (Å²) in [6.07, 6.45) is 2.67. The Bertz CT molecular complexity index is 314. The van der Waals surface area contributed by atoms with Gasteiger partial charge in [-0.25, -0.2) is 0 Å². The van der Waals surface area contributed by atoms with Gasteiger partial charge in [-0.2, -0.15) is 0 Å². The molecule has 0 radical (unpaired) electrons. The minimum atomic E-state index is 0.308. The van der Waals surface area contributed by atoms with Crippen LogP contribution in [0.3, 0.4) is 0 Å². The largest absolute Gasteiger partial charge is 0.494 e. The van der Waals surface area contributed by atoms with Gasteiger partial charge in [-0.1, -0.05) is 0 Å². The molecule has 3 nitrogen and oxygen atoms in total. The fourth-order valence-electron chi connectivity index (χ4n) is 1.78. The van der Waals surface area contributed by atoms with Gasteiger partial charge < -0.3 is 14.2 Å². The first-order valence-corrected chi connectivity index (χ1v) is 5.74. The first kappa shape index (κ1) is 11.3. The van der Waals surface area contributed by atoms with Gasteiger partial charge in [0.1, 0.15) is 17.6 Å². The average molecular weight is 222 g/mol. The van der Waals surface area contributed by atoms with E-state index in [0.717, 1.165) is 24.3 Å². The summed E-state index contributed by atoms with van der Waals surface area (Å²) in [6.45, 7) is 2.67. The van der Waals surface area contributed by atoms with Crippen molar-refractivity contribution in [1.82, 2.24) is 0 Å². The Hall–Kier alpha value is -1.22. The van der Waals surface area contributed by atoms with Crippen molar-refractivity contribution in [1.29, 1.82) is 0 Å². The Morgan fingerprint density at radius 2 is 1.69 bits per heavy atom. The molecule has 1 saturated carbocycles. The van der Waals surface area contributed by atoms with Gasteiger partial charge >= 0.3 is 0 Å². The highest BCUT2D eigenvalue weighted by molar-refractivity contribution is 5.31. The van der Waals surface area contributed by atoms with Crippen molar-refractivity contribution in [2.24, 2.45) is 0 Å². The molecule has 0 aliphatic heterocycles. The van der Waals surface area contributed by atoms with E-state index in [4.69, 9.17) is 14.2 Å². The molecule has 0 heterocycles. The van der Waals surface area contributed by atoms with Crippen LogP contribution >= 0.6 is 0 Å². The Kier molecular flexibility index (Phi) is 3.67. The summed E-state index contributed by atoms with van der Waals surface area (Å²) in [4.78, 5) is 0. The second-order valence-electron chi connectivity index (χ2n) is 3.97. The van der Waals surface area contributed by atoms with Crippen LogP contribution in [-0.2, 0) is 4.74 Å². The van der Waals surface area contributed by atoms with Gasteiger partial charge in [0.05, 0.1) is 12.7 Å². The second kappa shape index (κ2) is 5.21. The topological polar surface area (TPSA) is 27.7 Å². The van der Waals surface area contributed by atoms with E-state index < -0.39 is 0 Å². The fourth-order valence-corrected chi connectivity index (χ4v) is 1.78. The molecule has 0 atom stereocenters. The zero-order valence-corrected chi connectivity index (χ0v) is 9.81. The number of methoxy groups -OCH3 is 1. The molecule has 88 valence electrons. The van der Waals surface area contributed by atoms with Gasteiger partial charge in [-0.15, -0.1) is 0 Å². The van der Waals surface area contributed by atoms with Crippen molar-refractivity contribution in [2.75, 3.05) is 13.7 Å². The van der Waals surface area contributed by atoms with Crippen molar-refractivity contribution < 1.29 is 14.2 Å². The SMILES string of the molecule is CCOc1ccc(OC2CC(OC)C2)cc1. The van der Waals surface area contributed by atoms with Crippen LogP contribution in [0.4, 0.5) is 0 Å². The zero-order valence-electron chi connectivity index (χ0n) is 9.81. The first-order valence-electron chi connectivity index (χ1n) is 5.74. The minimum Gasteiger partial charge on any atom is -0.494 e. The van der Waals surface area contributed by atoms with Crippen LogP contribution in [-0.4, -0.2) is 25.9 Å². The maximum Gasteiger partial charge on any atom is 0.119 e. The van der Waals surface area contributed by atoms with E-state index in [2.05, 4.69) is 0 Å². The molecule has 16 heavy (non-hydrogen) atoms. The van der Waals surface area contributed by atoms with Crippen molar-refractivity contribution >= 4 is 0 Å². The van der Waals surface area contributed by atoms with Gasteiger partial charge in [0, 0.05) is 20.0 Å². The maximum atomic E-state index is 5.78. The van der Waals surface area contributed by atoms with E-state index in [1.54, 1.807) is 7.11 Å². The summed E-state index contributed by atoms with van der Waals surface area (Å²) in [6, 6.07) is 7.77. The number of rotatable bonds is 5. The second-order valence-corrected chi connectivity index (χ2v) is 3.97. The molecule has 0 spiro atoms. The van der Waals surface area contributed by atoms with Crippen molar-refractivity contribution in [3.8, 4) is 11.5 Å². The van der Waals surface area contributed by atoms with E-state index in [1.165, 1.54) is 0 Å². The predicted octanol–water partition coefficient (Wildman–Crippen LogP) is 2.64. The van der Waals surface area contributed by atoms with Crippen molar-refractivity contribution in [2.45, 2.75) is 32.0 Å². The van der Waals surface area contributed by atoms with Crippen LogP contribution in [0.1, 0.15) is 19.8 Å². The highest BCUT2D eigenvalue weighted by atomic mass is 16.5. The number of ether oxygens (including phenoxy) is 3. The highest BCUT2D eigenvalue weighted by Gasteiger charge is 2.30. The molecule has 1 aromatic carbocycles. The van der Waals surface area contributed by atoms with Gasteiger partial charge in [0.25, 0.3) is 0 Å². The third kappa shape index (κ3) is 2.67. The molecule has 1 fully saturated rings. The molecular weight excluding hydrogens is 204 g/mol. The van der Waals surface area contributed by atoms with Crippen LogP contribution < -0.4 is 9.47 Å². The Morgan fingerprint density at radius 1 is 1.06 bits per heavy atom. The van der Waals surface area contributed by atoms with Crippen LogP contribution in [0.2, 0.25) is 0 Å². The summed E-state index contributed by atoms with van der Waals surface area (Å²) in [5.74, 6) is 1.79. The zero-order chi connectivity index (χ0) is 11.4. The molecule has 0 aromatic heterocycles. The third-order valence-electron chi connectivity index (χ3n) is 2.82. The summed E-state index contributed by atoms with van der Waals surface area (Å²) < 4.78 is 16.4. The lowest BCUT2D eigenvalue weighted by Crippen LogP contribution is -2.38. The molecule has 1 aromatic rings. The monoisotopic (exact) mass is 222 g/mol. The maximum absolute atomic E-state index is 5.78. The summed E-state index contributed by atoms with van der Waals surface area (Å²) in [7, 11) is 1.75. The fraction of sp³-hybridized carbons (Fsp3) is 0.538. The van der Waals surface area contributed by atoms with Gasteiger partial charge in [-0.05, 0) is 31.2 Å². The van der Waals surface area contributed by atoms with Crippen LogP contribution in [0.15, 0.2) is 24.3 Å². The number of hydrogen-bond acceptors (Lipinski definition) is 3. The van der Waals surface area contributed by atoms with Gasteiger partial charge in [0.2, 0.25) is 0 Å². The van der Waals surface area contributed by atoms with E-state index >= 15 is 0 Å². The first-order chi connectivity index (χ1) is 7.81. The Balaban J connectivity index is 1.82. The summed E-state index contributed by atoms with van der Waals surface area (Å²) in [5, 5.41) is 0. The molecule has 3 heteroatoms. The molecular formula is C13H18O3. The van der Waals surface area contributed by atoms with Crippen LogP contribution in [0, 0.1) is 0 Å².